The van der Waals surface area contributed by atoms with Crippen molar-refractivity contribution in [1.29, 1.82) is 0 Å². The summed E-state index contributed by atoms with van der Waals surface area (Å²) in [5, 5.41) is 20.7. The summed E-state index contributed by atoms with van der Waals surface area (Å²) in [6.45, 7) is 6.03. The zero-order chi connectivity index (χ0) is 20.5. The van der Waals surface area contributed by atoms with E-state index in [-0.39, 0.29) is 5.37 Å². The van der Waals surface area contributed by atoms with Gasteiger partial charge in [-0.1, -0.05) is 65.6 Å². The second-order valence-electron chi connectivity index (χ2n) is 7.57. The number of hydrogen-bond acceptors (Lipinski definition) is 6. The van der Waals surface area contributed by atoms with Gasteiger partial charge in [0.25, 0.3) is 0 Å². The summed E-state index contributed by atoms with van der Waals surface area (Å²) in [4.78, 5) is 7.33. The van der Waals surface area contributed by atoms with E-state index in [2.05, 4.69) is 69.5 Å². The number of fused-ring (bicyclic) bond motifs is 1. The van der Waals surface area contributed by atoms with Gasteiger partial charge in [0.05, 0.1) is 5.04 Å². The zero-order valence-corrected chi connectivity index (χ0v) is 18.8. The third-order valence-corrected chi connectivity index (χ3v) is 7.23. The van der Waals surface area contributed by atoms with Crippen LogP contribution in [0.3, 0.4) is 0 Å². The molecule has 154 valence electrons. The second-order valence-corrected chi connectivity index (χ2v) is 10.00. The standard InChI is InChI=1S/C22H24N6S2/c1-15-24-25-21(30-15)23-22(27-13-6-3-7-14-27)28-20(29-16(2)26-28)19-12-8-10-17-9-4-5-11-18(17)19/h4-5,8-12,20H,3,6-7,13-14H2,1-2H3/b23-22+. The molecule has 1 unspecified atom stereocenters. The van der Waals surface area contributed by atoms with E-state index in [9.17, 15) is 0 Å². The number of nitrogens with zero attached hydrogens (tertiary/aromatic N) is 6. The number of piperidine rings is 1. The van der Waals surface area contributed by atoms with Crippen molar-refractivity contribution in [3.05, 3.63) is 53.0 Å². The molecule has 1 fully saturated rings. The first-order valence-corrected chi connectivity index (χ1v) is 12.0. The van der Waals surface area contributed by atoms with E-state index in [0.717, 1.165) is 29.1 Å². The molecule has 3 aromatic rings. The topological polar surface area (TPSA) is 57.0 Å². The highest BCUT2D eigenvalue weighted by atomic mass is 32.2. The van der Waals surface area contributed by atoms with Gasteiger partial charge in [0.15, 0.2) is 0 Å². The molecule has 1 saturated heterocycles. The van der Waals surface area contributed by atoms with Crippen LogP contribution in [0, 0.1) is 6.92 Å². The van der Waals surface area contributed by atoms with Gasteiger partial charge in [-0.15, -0.1) is 10.2 Å². The number of hydrogen-bond donors (Lipinski definition) is 0. The van der Waals surface area contributed by atoms with Crippen molar-refractivity contribution in [2.75, 3.05) is 13.1 Å². The van der Waals surface area contributed by atoms with Crippen molar-refractivity contribution in [3.8, 4) is 0 Å². The molecule has 2 aromatic carbocycles. The molecular formula is C22H24N6S2. The summed E-state index contributed by atoms with van der Waals surface area (Å²) in [5.74, 6) is 0.883. The Morgan fingerprint density at radius 2 is 1.80 bits per heavy atom. The number of benzene rings is 2. The van der Waals surface area contributed by atoms with Crippen LogP contribution in [0.1, 0.15) is 42.1 Å². The van der Waals surface area contributed by atoms with E-state index in [0.29, 0.717) is 5.13 Å². The number of aryl methyl sites for hydroxylation is 1. The maximum absolute atomic E-state index is 4.97. The summed E-state index contributed by atoms with van der Waals surface area (Å²) in [5.41, 5.74) is 1.26. The Morgan fingerprint density at radius 3 is 2.60 bits per heavy atom. The molecule has 5 rings (SSSR count). The van der Waals surface area contributed by atoms with Gasteiger partial charge in [-0.25, -0.2) is 5.01 Å². The Kier molecular flexibility index (Phi) is 5.43. The average molecular weight is 437 g/mol. The van der Waals surface area contributed by atoms with E-state index in [1.807, 2.05) is 6.92 Å². The number of likely N-dealkylation sites (tertiary alicyclic amines) is 1. The molecule has 0 spiro atoms. The minimum atomic E-state index is 0.0470. The Hall–Kier alpha value is -2.45. The lowest BCUT2D eigenvalue weighted by Gasteiger charge is -2.35. The Balaban J connectivity index is 1.60. The SMILES string of the molecule is CC1=NN(/C(=N/c2nnc(C)s2)N2CCCCC2)C(c2cccc3ccccc23)S1. The average Bonchev–Trinajstić information content (AvgIpc) is 3.37. The Labute approximate surface area is 184 Å². The van der Waals surface area contributed by atoms with E-state index in [4.69, 9.17) is 10.1 Å². The van der Waals surface area contributed by atoms with Crippen LogP contribution >= 0.6 is 23.1 Å². The highest BCUT2D eigenvalue weighted by Gasteiger charge is 2.34. The van der Waals surface area contributed by atoms with Crippen LogP contribution in [0.2, 0.25) is 0 Å². The summed E-state index contributed by atoms with van der Waals surface area (Å²) in [6.07, 6.45) is 3.62. The normalized spacial score (nSPS) is 20.1. The predicted octanol–water partition coefficient (Wildman–Crippen LogP) is 5.55. The molecule has 0 bridgehead atoms. The van der Waals surface area contributed by atoms with Crippen molar-refractivity contribution < 1.29 is 0 Å². The van der Waals surface area contributed by atoms with Gasteiger partial charge in [0, 0.05) is 13.1 Å². The van der Waals surface area contributed by atoms with Crippen molar-refractivity contribution in [1.82, 2.24) is 20.1 Å². The van der Waals surface area contributed by atoms with Gasteiger partial charge in [-0.2, -0.15) is 10.1 Å². The number of thioether (sulfide) groups is 1. The molecule has 0 saturated carbocycles. The van der Waals surface area contributed by atoms with Gasteiger partial charge >= 0.3 is 0 Å². The van der Waals surface area contributed by atoms with Crippen molar-refractivity contribution >= 4 is 50.0 Å². The summed E-state index contributed by atoms with van der Waals surface area (Å²) in [6, 6.07) is 15.1. The summed E-state index contributed by atoms with van der Waals surface area (Å²) >= 11 is 3.31. The predicted molar refractivity (Wildman–Crippen MR) is 126 cm³/mol. The third kappa shape index (κ3) is 3.81. The van der Waals surface area contributed by atoms with Crippen LogP contribution in [0.25, 0.3) is 10.8 Å². The highest BCUT2D eigenvalue weighted by Crippen LogP contribution is 2.43. The van der Waals surface area contributed by atoms with E-state index in [1.165, 1.54) is 46.9 Å². The van der Waals surface area contributed by atoms with Gasteiger partial charge < -0.3 is 4.90 Å². The number of hydrazone groups is 1. The van der Waals surface area contributed by atoms with Crippen LogP contribution in [-0.2, 0) is 0 Å². The fourth-order valence-electron chi connectivity index (χ4n) is 4.03. The number of aliphatic imine (C=N–C) groups is 1. The van der Waals surface area contributed by atoms with Crippen molar-refractivity contribution in [2.45, 2.75) is 38.5 Å². The quantitative estimate of drug-likeness (QED) is 0.389. The smallest absolute Gasteiger partial charge is 0.234 e. The first-order chi connectivity index (χ1) is 14.7. The first-order valence-electron chi connectivity index (χ1n) is 10.3. The lowest BCUT2D eigenvalue weighted by molar-refractivity contribution is 0.282. The van der Waals surface area contributed by atoms with Crippen LogP contribution in [-0.4, -0.2) is 44.2 Å². The molecule has 1 atom stereocenters. The first kappa shape index (κ1) is 19.5. The van der Waals surface area contributed by atoms with Crippen LogP contribution in [0.5, 0.6) is 0 Å². The number of rotatable bonds is 2. The Bertz CT molecular complexity index is 1110. The Morgan fingerprint density at radius 1 is 1.00 bits per heavy atom. The molecule has 3 heterocycles. The van der Waals surface area contributed by atoms with Crippen LogP contribution < -0.4 is 0 Å². The molecule has 0 radical (unpaired) electrons. The molecule has 8 heteroatoms. The van der Waals surface area contributed by atoms with Gasteiger partial charge in [-0.05, 0) is 49.4 Å². The maximum Gasteiger partial charge on any atom is 0.234 e. The molecule has 2 aliphatic heterocycles. The van der Waals surface area contributed by atoms with Crippen LogP contribution in [0.4, 0.5) is 5.13 Å². The van der Waals surface area contributed by atoms with E-state index in [1.54, 1.807) is 11.8 Å². The molecule has 30 heavy (non-hydrogen) atoms. The summed E-state index contributed by atoms with van der Waals surface area (Å²) in [7, 11) is 0. The van der Waals surface area contributed by atoms with E-state index < -0.39 is 0 Å². The second kappa shape index (κ2) is 8.35. The minimum absolute atomic E-state index is 0.0470. The molecule has 1 aromatic heterocycles. The molecule has 0 aliphatic carbocycles. The van der Waals surface area contributed by atoms with Gasteiger partial charge in [0.1, 0.15) is 10.4 Å². The van der Waals surface area contributed by atoms with Gasteiger partial charge in [-0.3, -0.25) is 0 Å². The minimum Gasteiger partial charge on any atom is -0.341 e. The fourth-order valence-corrected chi connectivity index (χ4v) is 5.61. The lowest BCUT2D eigenvalue weighted by atomic mass is 10.0. The molecule has 2 aliphatic rings. The number of guanidine groups is 1. The molecule has 0 amide bonds. The maximum atomic E-state index is 4.97. The zero-order valence-electron chi connectivity index (χ0n) is 17.2. The summed E-state index contributed by atoms with van der Waals surface area (Å²) < 4.78 is 0. The highest BCUT2D eigenvalue weighted by molar-refractivity contribution is 8.14. The largest absolute Gasteiger partial charge is 0.341 e. The van der Waals surface area contributed by atoms with Gasteiger partial charge in [0.2, 0.25) is 11.1 Å². The molecular weight excluding hydrogens is 412 g/mol. The van der Waals surface area contributed by atoms with E-state index >= 15 is 0 Å². The lowest BCUT2D eigenvalue weighted by Crippen LogP contribution is -2.44. The third-order valence-electron chi connectivity index (χ3n) is 5.40. The number of aromatic nitrogens is 2. The monoisotopic (exact) mass is 436 g/mol. The fraction of sp³-hybridized carbons (Fsp3) is 0.364. The molecule has 6 nitrogen and oxygen atoms in total. The van der Waals surface area contributed by atoms with Crippen molar-refractivity contribution in [2.24, 2.45) is 10.1 Å². The van der Waals surface area contributed by atoms with Crippen molar-refractivity contribution in [3.63, 3.8) is 0 Å². The van der Waals surface area contributed by atoms with Crippen LogP contribution in [0.15, 0.2) is 52.6 Å². The molecule has 0 N–H and O–H groups in total.